The first-order valence-electron chi connectivity index (χ1n) is 9.67. The number of terminal acetylenes is 3. The molecule has 2 aliphatic rings. The van der Waals surface area contributed by atoms with Gasteiger partial charge in [-0.05, 0) is 27.7 Å². The lowest BCUT2D eigenvalue weighted by molar-refractivity contribution is -0.191. The predicted octanol–water partition coefficient (Wildman–Crippen LogP) is 2.09. The summed E-state index contributed by atoms with van der Waals surface area (Å²) in [5.74, 6) is 3.31. The van der Waals surface area contributed by atoms with Gasteiger partial charge in [0.1, 0.15) is 0 Å². The van der Waals surface area contributed by atoms with E-state index in [1.165, 1.54) is 41.5 Å². The Bertz CT molecular complexity index is 982. The number of Topliss-reactive ketones (excluding diaryl/α,β-unsaturated/α-hetero) is 2. The molecule has 38 heavy (non-hydrogen) atoms. The standard InChI is InChI=1S/C10H10O6.C8H10O2.C4H6O2.C2H2.CO2.CH4/c1-5-9(3,15-7(11)13-5)10(4)6(2)14-8(12)16-10;1-5-7(3,9)8(4,10)6-2;1-3(5)4(2)6;1-2;2-1-3;/h1-2H2,3-4H3;1-2,9-10H,3-4H3;1-2H3;1-2H;;1H4. The zero-order valence-electron chi connectivity index (χ0n) is 21.2. The van der Waals surface area contributed by atoms with Crippen molar-refractivity contribution in [1.82, 2.24) is 0 Å². The molecule has 0 aromatic heterocycles. The van der Waals surface area contributed by atoms with Crippen LogP contribution >= 0.6 is 0 Å². The molecule has 4 atom stereocenters. The van der Waals surface area contributed by atoms with E-state index in [-0.39, 0.29) is 36.7 Å². The van der Waals surface area contributed by atoms with Gasteiger partial charge >= 0.3 is 18.5 Å². The fraction of sp³-hybridized carbons (Fsp3) is 0.423. The number of cyclic esters (lactones) is 4. The topological polar surface area (TPSA) is 180 Å². The summed E-state index contributed by atoms with van der Waals surface area (Å²) in [5, 5.41) is 18.4. The number of hydrogen-bond acceptors (Lipinski definition) is 12. The Morgan fingerprint density at radius 3 is 1.13 bits per heavy atom. The first kappa shape index (κ1) is 40.5. The lowest BCUT2D eigenvalue weighted by atomic mass is 9.83. The van der Waals surface area contributed by atoms with Gasteiger partial charge < -0.3 is 29.2 Å². The van der Waals surface area contributed by atoms with E-state index in [0.29, 0.717) is 0 Å². The molecule has 4 unspecified atom stereocenters. The van der Waals surface area contributed by atoms with Crippen LogP contribution in [0, 0.1) is 37.5 Å². The van der Waals surface area contributed by atoms with Crippen molar-refractivity contribution in [1.29, 1.82) is 0 Å². The number of hydrogen-bond donors (Lipinski definition) is 2. The number of carbonyl (C=O) groups excluding carboxylic acids is 6. The molecule has 0 spiro atoms. The molecule has 0 amide bonds. The van der Waals surface area contributed by atoms with Crippen molar-refractivity contribution < 1.29 is 57.9 Å². The van der Waals surface area contributed by atoms with Crippen molar-refractivity contribution in [2.45, 2.75) is 71.4 Å². The highest BCUT2D eigenvalue weighted by Crippen LogP contribution is 2.47. The number of ketones is 2. The van der Waals surface area contributed by atoms with Crippen LogP contribution in [0.2, 0.25) is 0 Å². The van der Waals surface area contributed by atoms with Crippen LogP contribution < -0.4 is 0 Å². The van der Waals surface area contributed by atoms with E-state index in [2.05, 4.69) is 26.0 Å². The minimum Gasteiger partial charge on any atom is -0.415 e. The largest absolute Gasteiger partial charge is 0.514 e. The Hall–Kier alpha value is -4.66. The third-order valence-electron chi connectivity index (χ3n) is 4.97. The van der Waals surface area contributed by atoms with Crippen molar-refractivity contribution in [3.8, 4) is 37.5 Å². The molecule has 2 aliphatic heterocycles. The fourth-order valence-electron chi connectivity index (χ4n) is 1.89. The van der Waals surface area contributed by atoms with E-state index in [1.54, 1.807) is 0 Å². The normalized spacial score (nSPS) is 23.1. The minimum absolute atomic E-state index is 0. The molecular weight excluding hydrogens is 504 g/mol. The van der Waals surface area contributed by atoms with Crippen LogP contribution in [-0.4, -0.2) is 62.6 Å². The van der Waals surface area contributed by atoms with Crippen LogP contribution in [0.3, 0.4) is 0 Å². The van der Waals surface area contributed by atoms with Crippen LogP contribution in [-0.2, 0) is 38.1 Å². The molecule has 0 saturated carbocycles. The summed E-state index contributed by atoms with van der Waals surface area (Å²) in [6.07, 6.45) is 16.3. The zero-order chi connectivity index (χ0) is 30.4. The van der Waals surface area contributed by atoms with Crippen LogP contribution in [0.25, 0.3) is 0 Å². The summed E-state index contributed by atoms with van der Waals surface area (Å²) in [5.41, 5.74) is -6.01. The number of ether oxygens (including phenoxy) is 4. The third-order valence-corrected chi connectivity index (χ3v) is 4.97. The second-order valence-corrected chi connectivity index (χ2v) is 7.45. The lowest BCUT2D eigenvalue weighted by Crippen LogP contribution is -2.51. The molecule has 2 N–H and O–H groups in total. The maximum absolute atomic E-state index is 11.0. The Morgan fingerprint density at radius 1 is 0.816 bits per heavy atom. The Labute approximate surface area is 222 Å². The maximum Gasteiger partial charge on any atom is 0.514 e. The second-order valence-electron chi connectivity index (χ2n) is 7.45. The van der Waals surface area contributed by atoms with Gasteiger partial charge in [0.05, 0.1) is 0 Å². The first-order valence-corrected chi connectivity index (χ1v) is 9.67. The summed E-state index contributed by atoms with van der Waals surface area (Å²) in [7, 11) is 0. The van der Waals surface area contributed by atoms with Gasteiger partial charge in [0, 0.05) is 13.8 Å². The van der Waals surface area contributed by atoms with Crippen molar-refractivity contribution >= 4 is 30.0 Å². The second kappa shape index (κ2) is 16.2. The van der Waals surface area contributed by atoms with Crippen LogP contribution in [0.1, 0.15) is 49.0 Å². The zero-order valence-corrected chi connectivity index (χ0v) is 21.2. The van der Waals surface area contributed by atoms with E-state index >= 15 is 0 Å². The molecule has 0 aromatic carbocycles. The molecule has 2 fully saturated rings. The molecule has 0 aliphatic carbocycles. The number of rotatable bonds is 3. The van der Waals surface area contributed by atoms with Crippen molar-refractivity contribution in [3.05, 3.63) is 24.7 Å². The van der Waals surface area contributed by atoms with E-state index in [9.17, 15) is 29.4 Å². The monoisotopic (exact) mass is 536 g/mol. The van der Waals surface area contributed by atoms with Gasteiger partial charge in [-0.3, -0.25) is 9.59 Å². The number of carbonyl (C=O) groups is 4. The highest BCUT2D eigenvalue weighted by atomic mass is 16.8. The number of aliphatic hydroxyl groups is 2. The van der Waals surface area contributed by atoms with Gasteiger partial charge in [0.25, 0.3) is 0 Å². The van der Waals surface area contributed by atoms with E-state index < -0.39 is 34.7 Å². The molecule has 12 nitrogen and oxygen atoms in total. The molecule has 0 bridgehead atoms. The minimum atomic E-state index is -1.66. The van der Waals surface area contributed by atoms with Crippen molar-refractivity contribution in [2.24, 2.45) is 0 Å². The van der Waals surface area contributed by atoms with Crippen molar-refractivity contribution in [3.63, 3.8) is 0 Å². The quantitative estimate of drug-likeness (QED) is 0.305. The van der Waals surface area contributed by atoms with Crippen LogP contribution in [0.4, 0.5) is 9.59 Å². The summed E-state index contributed by atoms with van der Waals surface area (Å²) in [4.78, 5) is 57.9. The third kappa shape index (κ3) is 10.1. The summed E-state index contributed by atoms with van der Waals surface area (Å²) >= 11 is 0. The molecule has 2 saturated heterocycles. The Balaban J connectivity index is -0.000000227. The van der Waals surface area contributed by atoms with Gasteiger partial charge in [0.15, 0.2) is 34.3 Å². The molecule has 2 rings (SSSR count). The Morgan fingerprint density at radius 2 is 1.03 bits per heavy atom. The molecule has 208 valence electrons. The maximum atomic E-state index is 11.0. The molecule has 0 aromatic rings. The molecule has 12 heteroatoms. The van der Waals surface area contributed by atoms with Crippen LogP contribution in [0.5, 0.6) is 0 Å². The average Bonchev–Trinajstić information content (AvgIpc) is 3.24. The summed E-state index contributed by atoms with van der Waals surface area (Å²) in [6.45, 7) is 15.2. The highest BCUT2D eigenvalue weighted by molar-refractivity contribution is 6.35. The Kier molecular flexibility index (Phi) is 17.2. The van der Waals surface area contributed by atoms with Gasteiger partial charge in [-0.15, -0.1) is 25.7 Å². The molecule has 0 radical (unpaired) electrons. The van der Waals surface area contributed by atoms with Gasteiger partial charge in [0.2, 0.25) is 11.2 Å². The average molecular weight is 537 g/mol. The fourth-order valence-corrected chi connectivity index (χ4v) is 1.89. The first-order chi connectivity index (χ1) is 16.7. The van der Waals surface area contributed by atoms with Crippen LogP contribution in [0.15, 0.2) is 24.7 Å². The smallest absolute Gasteiger partial charge is 0.415 e. The van der Waals surface area contributed by atoms with E-state index in [4.69, 9.17) is 41.4 Å². The van der Waals surface area contributed by atoms with E-state index in [0.717, 1.165) is 0 Å². The summed E-state index contributed by atoms with van der Waals surface area (Å²) < 4.78 is 19.4. The highest BCUT2D eigenvalue weighted by Gasteiger charge is 2.64. The van der Waals surface area contributed by atoms with Gasteiger partial charge in [-0.1, -0.05) is 32.4 Å². The molecular formula is C26H32O12. The predicted molar refractivity (Wildman–Crippen MR) is 132 cm³/mol. The van der Waals surface area contributed by atoms with Crippen molar-refractivity contribution in [2.75, 3.05) is 0 Å². The lowest BCUT2D eigenvalue weighted by Gasteiger charge is -2.34. The van der Waals surface area contributed by atoms with Gasteiger partial charge in [-0.2, -0.15) is 9.59 Å². The van der Waals surface area contributed by atoms with Gasteiger partial charge in [-0.25, -0.2) is 9.59 Å². The summed E-state index contributed by atoms with van der Waals surface area (Å²) in [6, 6.07) is 0. The molecule has 2 heterocycles. The van der Waals surface area contributed by atoms with E-state index in [1.807, 2.05) is 11.8 Å². The SMILES string of the molecule is C.C#C.C#CC(C)(O)C(C)(O)C#C.C=C1OC(=O)OC1(C)C1(C)OC(=O)OC1=C.CC(=O)C(C)=O.O=C=O.